The topological polar surface area (TPSA) is 123 Å². The van der Waals surface area contributed by atoms with Crippen molar-refractivity contribution in [1.29, 1.82) is 0 Å². The van der Waals surface area contributed by atoms with E-state index >= 15 is 0 Å². The number of rotatable bonds is 5. The molecule has 9 nitrogen and oxygen atoms in total. The van der Waals surface area contributed by atoms with Crippen molar-refractivity contribution in [1.82, 2.24) is 9.78 Å². The molecule has 36 heavy (non-hydrogen) atoms. The first-order chi connectivity index (χ1) is 17.2. The summed E-state index contributed by atoms with van der Waals surface area (Å²) in [5, 5.41) is 20.0. The average molecular weight is 487 g/mol. The maximum atomic E-state index is 13.3. The highest BCUT2D eigenvalue weighted by molar-refractivity contribution is 6.08. The van der Waals surface area contributed by atoms with Gasteiger partial charge in [0.15, 0.2) is 5.78 Å². The molecule has 5 rings (SSSR count). The van der Waals surface area contributed by atoms with Crippen LogP contribution in [0, 0.1) is 5.41 Å². The zero-order valence-corrected chi connectivity index (χ0v) is 20.2. The Morgan fingerprint density at radius 3 is 2.61 bits per heavy atom. The van der Waals surface area contributed by atoms with Crippen molar-refractivity contribution in [3.63, 3.8) is 0 Å². The van der Waals surface area contributed by atoms with Gasteiger partial charge in [-0.05, 0) is 41.7 Å². The zero-order valence-electron chi connectivity index (χ0n) is 20.2. The van der Waals surface area contributed by atoms with Crippen molar-refractivity contribution < 1.29 is 24.2 Å². The Kier molecular flexibility index (Phi) is 5.62. The molecular formula is C27H26N4O5. The summed E-state index contributed by atoms with van der Waals surface area (Å²) >= 11 is 0. The van der Waals surface area contributed by atoms with E-state index in [2.05, 4.69) is 15.7 Å². The lowest BCUT2D eigenvalue weighted by atomic mass is 9.73. The van der Waals surface area contributed by atoms with E-state index in [4.69, 9.17) is 4.74 Å². The fraction of sp³-hybridized carbons (Fsp3) is 0.259. The highest BCUT2D eigenvalue weighted by Gasteiger charge is 2.42. The molecule has 2 heterocycles. The molecule has 0 fully saturated rings. The molecule has 1 atom stereocenters. The molecule has 0 bridgehead atoms. The van der Waals surface area contributed by atoms with Crippen LogP contribution in [0.25, 0.3) is 0 Å². The molecule has 0 radical (unpaired) electrons. The minimum Gasteiger partial charge on any atom is -0.497 e. The summed E-state index contributed by atoms with van der Waals surface area (Å²) in [6, 6.07) is 12.9. The van der Waals surface area contributed by atoms with Gasteiger partial charge in [-0.15, -0.1) is 0 Å². The average Bonchev–Trinajstić information content (AvgIpc) is 3.26. The van der Waals surface area contributed by atoms with E-state index in [1.807, 2.05) is 13.8 Å². The van der Waals surface area contributed by atoms with Crippen molar-refractivity contribution in [2.45, 2.75) is 32.7 Å². The van der Waals surface area contributed by atoms with Crippen LogP contribution in [-0.4, -0.2) is 39.7 Å². The van der Waals surface area contributed by atoms with Crippen molar-refractivity contribution in [3.8, 4) is 5.75 Å². The fourth-order valence-corrected chi connectivity index (χ4v) is 4.89. The molecular weight excluding hydrogens is 460 g/mol. The minimum absolute atomic E-state index is 0.00425. The van der Waals surface area contributed by atoms with Gasteiger partial charge in [0.05, 0.1) is 18.9 Å². The second-order valence-electron chi connectivity index (χ2n) is 9.83. The third-order valence-electron chi connectivity index (χ3n) is 6.55. The van der Waals surface area contributed by atoms with Crippen molar-refractivity contribution in [2.24, 2.45) is 5.41 Å². The summed E-state index contributed by atoms with van der Waals surface area (Å²) < 4.78 is 6.87. The minimum atomic E-state index is -1.03. The van der Waals surface area contributed by atoms with Gasteiger partial charge in [-0.3, -0.25) is 9.59 Å². The standard InChI is InChI=1S/C27H26N4O5/c1-27(2)12-20-22(21(32)13-27)23(15-7-9-16(10-8-15)26(34)35)31-24(30-20)19(14-28-31)25(33)29-17-5-4-6-18(11-17)36-3/h4-11,14,23,30H,12-13H2,1-3H3,(H,29,33)(H,34,35)/t23-/m1/s1. The monoisotopic (exact) mass is 486 g/mol. The first-order valence-electron chi connectivity index (χ1n) is 11.6. The lowest BCUT2D eigenvalue weighted by Gasteiger charge is -2.39. The summed E-state index contributed by atoms with van der Waals surface area (Å²) in [6.45, 7) is 4.07. The van der Waals surface area contributed by atoms with E-state index in [9.17, 15) is 19.5 Å². The second kappa shape index (κ2) is 8.67. The molecule has 3 aromatic rings. The number of fused-ring (bicyclic) bond motifs is 1. The van der Waals surface area contributed by atoms with E-state index in [-0.39, 0.29) is 22.7 Å². The van der Waals surface area contributed by atoms with Crippen molar-refractivity contribution in [3.05, 3.63) is 82.7 Å². The van der Waals surface area contributed by atoms with Crippen LogP contribution in [0.15, 0.2) is 66.0 Å². The Bertz CT molecular complexity index is 1420. The van der Waals surface area contributed by atoms with E-state index < -0.39 is 12.0 Å². The molecule has 2 aliphatic rings. The number of carboxylic acid groups (broad SMARTS) is 1. The molecule has 184 valence electrons. The third kappa shape index (κ3) is 4.13. The Morgan fingerprint density at radius 1 is 1.17 bits per heavy atom. The zero-order chi connectivity index (χ0) is 25.6. The van der Waals surface area contributed by atoms with Crippen LogP contribution in [0.4, 0.5) is 11.5 Å². The number of hydrogen-bond acceptors (Lipinski definition) is 6. The van der Waals surface area contributed by atoms with E-state index in [0.717, 1.165) is 5.70 Å². The van der Waals surface area contributed by atoms with Gasteiger partial charge in [-0.25, -0.2) is 9.48 Å². The summed E-state index contributed by atoms with van der Waals surface area (Å²) in [6.07, 6.45) is 2.49. The first-order valence-corrected chi connectivity index (χ1v) is 11.6. The number of hydrogen-bond donors (Lipinski definition) is 3. The summed E-state index contributed by atoms with van der Waals surface area (Å²) in [7, 11) is 1.56. The van der Waals surface area contributed by atoms with Crippen molar-refractivity contribution in [2.75, 3.05) is 17.7 Å². The second-order valence-corrected chi connectivity index (χ2v) is 9.83. The van der Waals surface area contributed by atoms with E-state index in [1.54, 1.807) is 48.2 Å². The Labute approximate surface area is 207 Å². The third-order valence-corrected chi connectivity index (χ3v) is 6.55. The molecule has 0 saturated carbocycles. The number of carbonyl (C=O) groups is 3. The summed E-state index contributed by atoms with van der Waals surface area (Å²) in [5.41, 5.74) is 2.87. The van der Waals surface area contributed by atoms with Crippen LogP contribution in [0.2, 0.25) is 0 Å². The number of methoxy groups -OCH3 is 1. The number of ketones is 1. The molecule has 1 aromatic heterocycles. The maximum Gasteiger partial charge on any atom is 0.335 e. The molecule has 9 heteroatoms. The lowest BCUT2D eigenvalue weighted by molar-refractivity contribution is -0.118. The van der Waals surface area contributed by atoms with Gasteiger partial charge in [0.25, 0.3) is 5.91 Å². The highest BCUT2D eigenvalue weighted by atomic mass is 16.5. The molecule has 2 aromatic carbocycles. The molecule has 1 aliphatic carbocycles. The molecule has 1 amide bonds. The van der Waals surface area contributed by atoms with Crippen LogP contribution in [0.5, 0.6) is 5.75 Å². The smallest absolute Gasteiger partial charge is 0.335 e. The molecule has 1 aliphatic heterocycles. The number of allylic oxidation sites excluding steroid dienone is 2. The number of carbonyl (C=O) groups excluding carboxylic acids is 2. The molecule has 0 unspecified atom stereocenters. The first kappa shape index (κ1) is 23.3. The number of aromatic nitrogens is 2. The number of nitrogens with zero attached hydrogens (tertiary/aromatic N) is 2. The largest absolute Gasteiger partial charge is 0.497 e. The number of Topliss-reactive ketones (excluding diaryl/α,β-unsaturated/α-hetero) is 1. The van der Waals surface area contributed by atoms with Crippen LogP contribution in [-0.2, 0) is 4.79 Å². The van der Waals surface area contributed by atoms with Crippen LogP contribution in [0.3, 0.4) is 0 Å². The number of carboxylic acids is 1. The van der Waals surface area contributed by atoms with Gasteiger partial charge in [0, 0.05) is 29.4 Å². The summed E-state index contributed by atoms with van der Waals surface area (Å²) in [5.74, 6) is -0.289. The number of nitrogens with one attached hydrogen (secondary N) is 2. The normalized spacial score (nSPS) is 18.1. The van der Waals surface area contributed by atoms with Gasteiger partial charge in [0.1, 0.15) is 23.2 Å². The van der Waals surface area contributed by atoms with Crippen LogP contribution < -0.4 is 15.4 Å². The predicted molar refractivity (Wildman–Crippen MR) is 133 cm³/mol. The number of aromatic carboxylic acids is 1. The van der Waals surface area contributed by atoms with Gasteiger partial charge >= 0.3 is 5.97 Å². The lowest BCUT2D eigenvalue weighted by Crippen LogP contribution is -2.37. The van der Waals surface area contributed by atoms with Gasteiger partial charge in [0.2, 0.25) is 0 Å². The summed E-state index contributed by atoms with van der Waals surface area (Å²) in [4.78, 5) is 38.0. The molecule has 3 N–H and O–H groups in total. The number of anilines is 2. The van der Waals surface area contributed by atoms with Crippen molar-refractivity contribution >= 4 is 29.2 Å². The highest BCUT2D eigenvalue weighted by Crippen LogP contribution is 2.46. The van der Waals surface area contributed by atoms with Gasteiger partial charge in [-0.2, -0.15) is 5.10 Å². The quantitative estimate of drug-likeness (QED) is 0.485. The Morgan fingerprint density at radius 2 is 1.92 bits per heavy atom. The molecule has 0 spiro atoms. The van der Waals surface area contributed by atoms with E-state index in [1.165, 1.54) is 18.3 Å². The number of ether oxygens (including phenoxy) is 1. The predicted octanol–water partition coefficient (Wildman–Crippen LogP) is 4.50. The number of benzene rings is 2. The fourth-order valence-electron chi connectivity index (χ4n) is 4.89. The Balaban J connectivity index is 1.57. The van der Waals surface area contributed by atoms with Gasteiger partial charge in [-0.1, -0.05) is 32.0 Å². The van der Waals surface area contributed by atoms with Crippen LogP contribution >= 0.6 is 0 Å². The maximum absolute atomic E-state index is 13.3. The van der Waals surface area contributed by atoms with Gasteiger partial charge < -0.3 is 20.5 Å². The SMILES string of the molecule is COc1cccc(NC(=O)c2cnn3c2NC2=C(C(=O)CC(C)(C)C2)[C@H]3c2ccc(C(=O)O)cc2)c1. The van der Waals surface area contributed by atoms with E-state index in [0.29, 0.717) is 46.8 Å². The van der Waals surface area contributed by atoms with Crippen LogP contribution in [0.1, 0.15) is 59.0 Å². The molecule has 0 saturated heterocycles. The Hall–Kier alpha value is -4.40. The number of amides is 1.